The number of hydrogen-bond donors (Lipinski definition) is 0. The second-order valence-corrected chi connectivity index (χ2v) is 7.26. The fourth-order valence-corrected chi connectivity index (χ4v) is 4.26. The molecule has 1 heterocycles. The van der Waals surface area contributed by atoms with Crippen LogP contribution in [0.25, 0.3) is 0 Å². The van der Waals surface area contributed by atoms with Gasteiger partial charge < -0.3 is 0 Å². The van der Waals surface area contributed by atoms with Crippen LogP contribution in [-0.2, 0) is 0 Å². The molecule has 0 amide bonds. The lowest BCUT2D eigenvalue weighted by molar-refractivity contribution is 0.103. The molecule has 0 N–H and O–H groups in total. The highest BCUT2D eigenvalue weighted by atomic mass is 79.9. The zero-order valence-corrected chi connectivity index (χ0v) is 12.6. The first-order chi connectivity index (χ1) is 7.58. The zero-order valence-electron chi connectivity index (χ0n) is 7.84. The van der Waals surface area contributed by atoms with Gasteiger partial charge in [0.05, 0.1) is 7.57 Å². The van der Waals surface area contributed by atoms with Crippen molar-refractivity contribution in [3.63, 3.8) is 0 Å². The average Bonchev–Trinajstić information content (AvgIpc) is 2.57. The van der Waals surface area contributed by atoms with Crippen LogP contribution in [-0.4, -0.2) is 5.78 Å². The molecule has 1 aromatic heterocycles. The van der Waals surface area contributed by atoms with E-state index < -0.39 is 0 Å². The van der Waals surface area contributed by atoms with Crippen LogP contribution in [0.2, 0.25) is 5.02 Å². The van der Waals surface area contributed by atoms with Crippen LogP contribution in [0.1, 0.15) is 15.9 Å². The van der Waals surface area contributed by atoms with Crippen LogP contribution in [0.5, 0.6) is 0 Å². The summed E-state index contributed by atoms with van der Waals surface area (Å²) in [5.74, 6) is -0.0312. The van der Waals surface area contributed by atoms with Crippen LogP contribution in [0.15, 0.2) is 37.9 Å². The minimum Gasteiger partial charge on any atom is -0.289 e. The Morgan fingerprint density at radius 3 is 2.56 bits per heavy atom. The minimum absolute atomic E-state index is 0.0312. The minimum atomic E-state index is -0.0312. The second-order valence-electron chi connectivity index (χ2n) is 3.08. The number of carbonyl (C=O) groups is 1. The molecular weight excluding hydrogens is 375 g/mol. The normalized spacial score (nSPS) is 10.4. The van der Waals surface area contributed by atoms with E-state index in [0.717, 1.165) is 7.57 Å². The summed E-state index contributed by atoms with van der Waals surface area (Å²) >= 11 is 14.0. The summed E-state index contributed by atoms with van der Waals surface area (Å²) < 4.78 is 1.74. The largest absolute Gasteiger partial charge is 0.289 e. The Balaban J connectivity index is 2.43. The average molecular weight is 380 g/mol. The first-order valence-corrected chi connectivity index (χ1v) is 7.11. The van der Waals surface area contributed by atoms with Gasteiger partial charge in [-0.2, -0.15) is 0 Å². The number of rotatable bonds is 2. The molecular formula is C11H5Br2ClOS. The molecule has 0 aliphatic carbocycles. The van der Waals surface area contributed by atoms with Gasteiger partial charge >= 0.3 is 0 Å². The Labute approximate surface area is 119 Å². The number of benzene rings is 1. The maximum Gasteiger partial charge on any atom is 0.195 e. The molecule has 16 heavy (non-hydrogen) atoms. The summed E-state index contributed by atoms with van der Waals surface area (Å²) in [6.07, 6.45) is 0. The quantitative estimate of drug-likeness (QED) is 0.658. The molecule has 82 valence electrons. The second kappa shape index (κ2) is 5.00. The maximum absolute atomic E-state index is 12.1. The molecule has 0 saturated heterocycles. The van der Waals surface area contributed by atoms with Crippen molar-refractivity contribution < 1.29 is 4.79 Å². The molecule has 0 aliphatic rings. The van der Waals surface area contributed by atoms with Crippen molar-refractivity contribution in [2.45, 2.75) is 0 Å². The predicted molar refractivity (Wildman–Crippen MR) is 74.6 cm³/mol. The van der Waals surface area contributed by atoms with Crippen LogP contribution in [0.3, 0.4) is 0 Å². The molecule has 0 spiro atoms. The number of ketones is 1. The number of halogens is 3. The molecule has 0 bridgehead atoms. The van der Waals surface area contributed by atoms with E-state index in [1.807, 2.05) is 0 Å². The highest BCUT2D eigenvalue weighted by Gasteiger charge is 2.15. The molecule has 0 aliphatic heterocycles. The van der Waals surface area contributed by atoms with E-state index in [-0.39, 0.29) is 5.78 Å². The number of hydrogen-bond acceptors (Lipinski definition) is 2. The van der Waals surface area contributed by atoms with Crippen molar-refractivity contribution in [3.8, 4) is 0 Å². The molecule has 1 nitrogen and oxygen atoms in total. The van der Waals surface area contributed by atoms with Gasteiger partial charge in [-0.3, -0.25) is 4.79 Å². The lowest BCUT2D eigenvalue weighted by Crippen LogP contribution is -1.99. The van der Waals surface area contributed by atoms with E-state index in [0.29, 0.717) is 16.1 Å². The summed E-state index contributed by atoms with van der Waals surface area (Å²) in [6, 6.07) is 8.74. The van der Waals surface area contributed by atoms with Gasteiger partial charge in [-0.1, -0.05) is 23.7 Å². The Morgan fingerprint density at radius 2 is 2.00 bits per heavy atom. The van der Waals surface area contributed by atoms with E-state index in [9.17, 15) is 4.79 Å². The summed E-state index contributed by atoms with van der Waals surface area (Å²) in [7, 11) is 0. The summed E-state index contributed by atoms with van der Waals surface area (Å²) in [5.41, 5.74) is 1.25. The van der Waals surface area contributed by atoms with Crippen molar-refractivity contribution in [2.24, 2.45) is 0 Å². The van der Waals surface area contributed by atoms with Gasteiger partial charge in [0.1, 0.15) is 0 Å². The third kappa shape index (κ3) is 2.56. The van der Waals surface area contributed by atoms with E-state index in [4.69, 9.17) is 11.6 Å². The first kappa shape index (κ1) is 12.3. The summed E-state index contributed by atoms with van der Waals surface area (Å²) in [4.78, 5) is 12.1. The molecule has 0 unspecified atom stereocenters. The van der Waals surface area contributed by atoms with E-state index in [1.54, 1.807) is 30.3 Å². The summed E-state index contributed by atoms with van der Waals surface area (Å²) in [6.45, 7) is 0. The first-order valence-electron chi connectivity index (χ1n) is 4.33. The Kier molecular flexibility index (Phi) is 3.85. The Morgan fingerprint density at radius 1 is 1.25 bits per heavy atom. The highest BCUT2D eigenvalue weighted by Crippen LogP contribution is 2.33. The number of carbonyl (C=O) groups excluding carboxylic acids is 1. The van der Waals surface area contributed by atoms with E-state index >= 15 is 0 Å². The summed E-state index contributed by atoms with van der Waals surface area (Å²) in [5, 5.41) is 0.566. The van der Waals surface area contributed by atoms with Crippen LogP contribution in [0.4, 0.5) is 0 Å². The predicted octanol–water partition coefficient (Wildman–Crippen LogP) is 5.16. The zero-order chi connectivity index (χ0) is 11.7. The third-order valence-corrected chi connectivity index (χ3v) is 4.56. The fourth-order valence-electron chi connectivity index (χ4n) is 1.28. The molecule has 5 heteroatoms. The van der Waals surface area contributed by atoms with Crippen molar-refractivity contribution in [3.05, 3.63) is 54.1 Å². The molecule has 0 radical (unpaired) electrons. The molecule has 0 saturated carbocycles. The van der Waals surface area contributed by atoms with Crippen molar-refractivity contribution in [2.75, 3.05) is 0 Å². The van der Waals surface area contributed by atoms with E-state index in [1.165, 1.54) is 11.3 Å². The number of thiophene rings is 1. The van der Waals surface area contributed by atoms with Gasteiger partial charge in [-0.05, 0) is 50.1 Å². The van der Waals surface area contributed by atoms with Gasteiger partial charge in [-0.15, -0.1) is 11.3 Å². The van der Waals surface area contributed by atoms with Gasteiger partial charge in [0.15, 0.2) is 5.78 Å². The van der Waals surface area contributed by atoms with Gasteiger partial charge in [0.25, 0.3) is 0 Å². The topological polar surface area (TPSA) is 17.1 Å². The fraction of sp³-hybridized carbons (Fsp3) is 0. The van der Waals surface area contributed by atoms with Crippen molar-refractivity contribution in [1.29, 1.82) is 0 Å². The van der Waals surface area contributed by atoms with Crippen LogP contribution in [0, 0.1) is 0 Å². The van der Waals surface area contributed by atoms with E-state index in [2.05, 4.69) is 31.9 Å². The third-order valence-electron chi connectivity index (χ3n) is 1.99. The highest BCUT2D eigenvalue weighted by molar-refractivity contribution is 9.12. The lowest BCUT2D eigenvalue weighted by Gasteiger charge is -1.99. The molecule has 1 aromatic carbocycles. The SMILES string of the molecule is O=C(c1cccc(Cl)c1)c1cc(Br)sc1Br. The molecule has 2 rings (SSSR count). The monoisotopic (exact) mass is 378 g/mol. The Bertz CT molecular complexity index is 551. The van der Waals surface area contributed by atoms with Crippen molar-refractivity contribution >= 4 is 60.6 Å². The Hall–Kier alpha value is -0.160. The molecule has 0 atom stereocenters. The standard InChI is InChI=1S/C11H5Br2ClOS/c12-9-5-8(11(13)16-9)10(15)6-2-1-3-7(14)4-6/h1-5H. The smallest absolute Gasteiger partial charge is 0.195 e. The molecule has 2 aromatic rings. The van der Waals surface area contributed by atoms with Gasteiger partial charge in [0, 0.05) is 16.1 Å². The van der Waals surface area contributed by atoms with Crippen LogP contribution >= 0.6 is 54.8 Å². The molecule has 0 fully saturated rings. The lowest BCUT2D eigenvalue weighted by atomic mass is 10.1. The maximum atomic E-state index is 12.1. The van der Waals surface area contributed by atoms with Crippen molar-refractivity contribution in [1.82, 2.24) is 0 Å². The van der Waals surface area contributed by atoms with Crippen LogP contribution < -0.4 is 0 Å². The van der Waals surface area contributed by atoms with Gasteiger partial charge in [0.2, 0.25) is 0 Å². The van der Waals surface area contributed by atoms with Gasteiger partial charge in [-0.25, -0.2) is 0 Å².